The van der Waals surface area contributed by atoms with Gasteiger partial charge in [-0.2, -0.15) is 0 Å². The minimum atomic E-state index is -0.925. The summed E-state index contributed by atoms with van der Waals surface area (Å²) in [6, 6.07) is 4.93. The number of ether oxygens (including phenoxy) is 2. The van der Waals surface area contributed by atoms with Gasteiger partial charge < -0.3 is 19.9 Å². The van der Waals surface area contributed by atoms with Crippen molar-refractivity contribution in [1.29, 1.82) is 0 Å². The summed E-state index contributed by atoms with van der Waals surface area (Å²) in [5.74, 6) is 0.259. The molecule has 0 saturated carbocycles. The largest absolute Gasteiger partial charge is 0.493 e. The number of methoxy groups -OCH3 is 1. The third-order valence-electron chi connectivity index (χ3n) is 2.79. The number of hydrogen-bond acceptors (Lipinski definition) is 4. The van der Waals surface area contributed by atoms with Crippen LogP contribution in [0.25, 0.3) is 0 Å². The Labute approximate surface area is 113 Å². The molecule has 106 valence electrons. The standard InChI is InChI=1S/C14H21NO4/c1-4-10-6-7-12(13(8-10)18-3)19-9-11(14(16)17)15-5-2/h6-8,11,15H,4-5,9H2,1-3H3,(H,16,17). The van der Waals surface area contributed by atoms with Crippen molar-refractivity contribution < 1.29 is 19.4 Å². The predicted octanol–water partition coefficient (Wildman–Crippen LogP) is 1.70. The van der Waals surface area contributed by atoms with Crippen molar-refractivity contribution in [2.24, 2.45) is 0 Å². The van der Waals surface area contributed by atoms with Gasteiger partial charge in [-0.1, -0.05) is 19.9 Å². The fraction of sp³-hybridized carbons (Fsp3) is 0.500. The number of hydrogen-bond donors (Lipinski definition) is 2. The van der Waals surface area contributed by atoms with Crippen molar-refractivity contribution in [3.8, 4) is 11.5 Å². The van der Waals surface area contributed by atoms with Crippen molar-refractivity contribution >= 4 is 5.97 Å². The Hall–Kier alpha value is -1.75. The first kappa shape index (κ1) is 15.3. The monoisotopic (exact) mass is 267 g/mol. The van der Waals surface area contributed by atoms with Gasteiger partial charge in [0.25, 0.3) is 0 Å². The number of carboxylic acids is 1. The van der Waals surface area contributed by atoms with Crippen molar-refractivity contribution in [3.05, 3.63) is 23.8 Å². The van der Waals surface area contributed by atoms with Crippen molar-refractivity contribution in [1.82, 2.24) is 5.32 Å². The lowest BCUT2D eigenvalue weighted by molar-refractivity contribution is -0.140. The molecular formula is C14H21NO4. The van der Waals surface area contributed by atoms with E-state index in [0.717, 1.165) is 12.0 Å². The SMILES string of the molecule is CCNC(COc1ccc(CC)cc1OC)C(=O)O. The molecule has 5 nitrogen and oxygen atoms in total. The molecule has 0 aliphatic rings. The molecule has 1 rings (SSSR count). The fourth-order valence-corrected chi connectivity index (χ4v) is 1.69. The number of likely N-dealkylation sites (N-methyl/N-ethyl adjacent to an activating group) is 1. The molecule has 1 aromatic carbocycles. The summed E-state index contributed by atoms with van der Waals surface area (Å²) in [5.41, 5.74) is 1.14. The molecule has 0 aromatic heterocycles. The molecule has 19 heavy (non-hydrogen) atoms. The zero-order valence-electron chi connectivity index (χ0n) is 11.6. The minimum absolute atomic E-state index is 0.0605. The number of carboxylic acid groups (broad SMARTS) is 1. The van der Waals surface area contributed by atoms with Crippen LogP contribution in [0.5, 0.6) is 11.5 Å². The molecule has 0 fully saturated rings. The van der Waals surface area contributed by atoms with E-state index in [1.165, 1.54) is 0 Å². The highest BCUT2D eigenvalue weighted by atomic mass is 16.5. The van der Waals surface area contributed by atoms with Crippen LogP contribution in [0.1, 0.15) is 19.4 Å². The Morgan fingerprint density at radius 2 is 2.11 bits per heavy atom. The number of nitrogens with one attached hydrogen (secondary N) is 1. The number of benzene rings is 1. The van der Waals surface area contributed by atoms with E-state index >= 15 is 0 Å². The molecule has 0 saturated heterocycles. The van der Waals surface area contributed by atoms with Crippen LogP contribution in [0.15, 0.2) is 18.2 Å². The maximum Gasteiger partial charge on any atom is 0.324 e. The molecule has 0 aliphatic carbocycles. The molecule has 1 atom stereocenters. The van der Waals surface area contributed by atoms with Crippen LogP contribution in [-0.2, 0) is 11.2 Å². The van der Waals surface area contributed by atoms with Gasteiger partial charge in [0, 0.05) is 0 Å². The van der Waals surface area contributed by atoms with Gasteiger partial charge in [-0.3, -0.25) is 4.79 Å². The molecule has 0 aliphatic heterocycles. The lowest BCUT2D eigenvalue weighted by Gasteiger charge is -2.16. The molecule has 5 heteroatoms. The lowest BCUT2D eigenvalue weighted by atomic mass is 10.1. The normalized spacial score (nSPS) is 11.9. The van der Waals surface area contributed by atoms with E-state index in [2.05, 4.69) is 12.2 Å². The summed E-state index contributed by atoms with van der Waals surface area (Å²) < 4.78 is 10.8. The number of aliphatic carboxylic acids is 1. The van der Waals surface area contributed by atoms with Crippen molar-refractivity contribution in [3.63, 3.8) is 0 Å². The Kier molecular flexibility index (Phi) is 6.15. The molecule has 0 radical (unpaired) electrons. The summed E-state index contributed by atoms with van der Waals surface area (Å²) >= 11 is 0. The highest BCUT2D eigenvalue weighted by Crippen LogP contribution is 2.28. The van der Waals surface area contributed by atoms with E-state index in [-0.39, 0.29) is 6.61 Å². The zero-order chi connectivity index (χ0) is 14.3. The Morgan fingerprint density at radius 1 is 1.37 bits per heavy atom. The van der Waals surface area contributed by atoms with E-state index in [9.17, 15) is 4.79 Å². The summed E-state index contributed by atoms with van der Waals surface area (Å²) in [7, 11) is 1.57. The second-order valence-electron chi connectivity index (χ2n) is 4.10. The van der Waals surface area contributed by atoms with Gasteiger partial charge in [-0.05, 0) is 30.7 Å². The van der Waals surface area contributed by atoms with Crippen LogP contribution in [0.3, 0.4) is 0 Å². The average Bonchev–Trinajstić information content (AvgIpc) is 2.42. The second-order valence-corrected chi connectivity index (χ2v) is 4.10. The Morgan fingerprint density at radius 3 is 2.63 bits per heavy atom. The third kappa shape index (κ3) is 4.44. The van der Waals surface area contributed by atoms with Crippen LogP contribution < -0.4 is 14.8 Å². The first-order valence-corrected chi connectivity index (χ1v) is 6.38. The van der Waals surface area contributed by atoms with E-state index in [1.807, 2.05) is 25.1 Å². The molecule has 1 unspecified atom stereocenters. The Balaban J connectivity index is 2.73. The maximum absolute atomic E-state index is 11.0. The molecule has 0 spiro atoms. The lowest BCUT2D eigenvalue weighted by Crippen LogP contribution is -2.41. The maximum atomic E-state index is 11.0. The van der Waals surface area contributed by atoms with Crippen LogP contribution >= 0.6 is 0 Å². The van der Waals surface area contributed by atoms with Gasteiger partial charge in [0.1, 0.15) is 12.6 Å². The van der Waals surface area contributed by atoms with Gasteiger partial charge in [0.05, 0.1) is 7.11 Å². The number of aryl methyl sites for hydroxylation is 1. The molecule has 0 amide bonds. The molecule has 0 bridgehead atoms. The summed E-state index contributed by atoms with van der Waals surface area (Å²) in [6.45, 7) is 4.55. The van der Waals surface area contributed by atoms with Gasteiger partial charge in [0.2, 0.25) is 0 Å². The van der Waals surface area contributed by atoms with Gasteiger partial charge >= 0.3 is 5.97 Å². The van der Waals surface area contributed by atoms with E-state index in [4.69, 9.17) is 14.6 Å². The van der Waals surface area contributed by atoms with E-state index in [1.54, 1.807) is 7.11 Å². The highest BCUT2D eigenvalue weighted by Gasteiger charge is 2.17. The van der Waals surface area contributed by atoms with E-state index in [0.29, 0.717) is 18.0 Å². The van der Waals surface area contributed by atoms with Gasteiger partial charge in [-0.25, -0.2) is 0 Å². The third-order valence-corrected chi connectivity index (χ3v) is 2.79. The van der Waals surface area contributed by atoms with Gasteiger partial charge in [0.15, 0.2) is 11.5 Å². The second kappa shape index (κ2) is 7.63. The number of rotatable bonds is 8. The first-order chi connectivity index (χ1) is 9.12. The van der Waals surface area contributed by atoms with Crippen LogP contribution in [0.2, 0.25) is 0 Å². The zero-order valence-corrected chi connectivity index (χ0v) is 11.6. The predicted molar refractivity (Wildman–Crippen MR) is 73.0 cm³/mol. The molecule has 2 N–H and O–H groups in total. The summed E-state index contributed by atoms with van der Waals surface area (Å²) in [5, 5.41) is 11.9. The quantitative estimate of drug-likeness (QED) is 0.750. The molecule has 0 heterocycles. The average molecular weight is 267 g/mol. The van der Waals surface area contributed by atoms with E-state index < -0.39 is 12.0 Å². The molecular weight excluding hydrogens is 246 g/mol. The minimum Gasteiger partial charge on any atom is -0.493 e. The van der Waals surface area contributed by atoms with Crippen LogP contribution in [0.4, 0.5) is 0 Å². The van der Waals surface area contributed by atoms with Crippen LogP contribution in [0, 0.1) is 0 Å². The summed E-state index contributed by atoms with van der Waals surface area (Å²) in [6.07, 6.45) is 0.909. The first-order valence-electron chi connectivity index (χ1n) is 6.38. The number of carbonyl (C=O) groups is 1. The molecule has 1 aromatic rings. The van der Waals surface area contributed by atoms with Crippen molar-refractivity contribution in [2.45, 2.75) is 26.3 Å². The Bertz CT molecular complexity index is 420. The highest BCUT2D eigenvalue weighted by molar-refractivity contribution is 5.73. The smallest absolute Gasteiger partial charge is 0.324 e. The fourth-order valence-electron chi connectivity index (χ4n) is 1.69. The van der Waals surface area contributed by atoms with Crippen LogP contribution in [-0.4, -0.2) is 37.4 Å². The van der Waals surface area contributed by atoms with Crippen molar-refractivity contribution in [2.75, 3.05) is 20.3 Å². The summed E-state index contributed by atoms with van der Waals surface area (Å²) in [4.78, 5) is 11.0. The topological polar surface area (TPSA) is 67.8 Å². The van der Waals surface area contributed by atoms with Gasteiger partial charge in [-0.15, -0.1) is 0 Å².